The Morgan fingerprint density at radius 2 is 1.67 bits per heavy atom. The molecule has 0 heteroatoms. The lowest BCUT2D eigenvalue weighted by Crippen LogP contribution is -2.44. The molecule has 0 aromatic rings. The molecular weight excluding hydrogens is 216 g/mol. The van der Waals surface area contributed by atoms with E-state index in [0.717, 1.165) is 47.3 Å². The molecule has 7 atom stereocenters. The monoisotopic (exact) mass is 250 g/mol. The van der Waals surface area contributed by atoms with E-state index in [1.54, 1.807) is 0 Å². The highest BCUT2D eigenvalue weighted by atomic mass is 14.5. The minimum atomic E-state index is 0.891. The van der Waals surface area contributed by atoms with Crippen LogP contribution in [0, 0.1) is 47.3 Å². The molecule has 2 fully saturated rings. The Balaban J connectivity index is 1.86. The van der Waals surface area contributed by atoms with Crippen LogP contribution in [0.1, 0.15) is 67.2 Å². The molecule has 0 spiro atoms. The molecule has 0 amide bonds. The van der Waals surface area contributed by atoms with E-state index < -0.39 is 0 Å². The van der Waals surface area contributed by atoms with E-state index in [1.807, 2.05) is 0 Å². The number of hydrogen-bond donors (Lipinski definition) is 0. The first-order chi connectivity index (χ1) is 8.45. The van der Waals surface area contributed by atoms with Crippen molar-refractivity contribution in [2.24, 2.45) is 47.3 Å². The summed E-state index contributed by atoms with van der Waals surface area (Å²) in [6.07, 6.45) is 5.93. The van der Waals surface area contributed by atoms with Gasteiger partial charge in [-0.1, -0.05) is 48.0 Å². The molecule has 0 saturated heterocycles. The molecule has 0 N–H and O–H groups in total. The fraction of sp³-hybridized carbons (Fsp3) is 1.00. The summed E-state index contributed by atoms with van der Waals surface area (Å²) in [6.45, 7) is 14.7. The molecule has 7 unspecified atom stereocenters. The summed E-state index contributed by atoms with van der Waals surface area (Å²) < 4.78 is 0. The molecule has 2 aliphatic carbocycles. The van der Waals surface area contributed by atoms with Crippen molar-refractivity contribution in [1.29, 1.82) is 0 Å². The lowest BCUT2D eigenvalue weighted by atomic mass is 9.54. The van der Waals surface area contributed by atoms with Crippen molar-refractivity contribution in [3.05, 3.63) is 0 Å². The van der Waals surface area contributed by atoms with E-state index in [2.05, 4.69) is 41.5 Å². The first-order valence-electron chi connectivity index (χ1n) is 8.45. The maximum absolute atomic E-state index is 2.55. The molecule has 0 aromatic heterocycles. The number of hydrogen-bond acceptors (Lipinski definition) is 0. The highest BCUT2D eigenvalue weighted by molar-refractivity contribution is 4.94. The molecule has 0 nitrogen and oxygen atoms in total. The zero-order valence-electron chi connectivity index (χ0n) is 13.4. The maximum Gasteiger partial charge on any atom is -0.0334 e. The third-order valence-electron chi connectivity index (χ3n) is 6.48. The van der Waals surface area contributed by atoms with Gasteiger partial charge in [0.15, 0.2) is 0 Å². The van der Waals surface area contributed by atoms with Gasteiger partial charge >= 0.3 is 0 Å². The van der Waals surface area contributed by atoms with Crippen molar-refractivity contribution in [3.63, 3.8) is 0 Å². The standard InChI is InChI=1S/C18H34/c1-7-15-8-12(4)16(15)9-13(5)17-10-14(6)18(17)11(2)3/h11-18H,7-10H2,1-6H3. The van der Waals surface area contributed by atoms with Crippen molar-refractivity contribution in [1.82, 2.24) is 0 Å². The molecule has 18 heavy (non-hydrogen) atoms. The van der Waals surface area contributed by atoms with Crippen LogP contribution >= 0.6 is 0 Å². The Labute approximate surface area is 115 Å². The minimum absolute atomic E-state index is 0.891. The van der Waals surface area contributed by atoms with Crippen molar-refractivity contribution < 1.29 is 0 Å². The van der Waals surface area contributed by atoms with Crippen LogP contribution in [0.25, 0.3) is 0 Å². The lowest BCUT2D eigenvalue weighted by Gasteiger charge is -2.52. The van der Waals surface area contributed by atoms with Crippen LogP contribution < -0.4 is 0 Å². The van der Waals surface area contributed by atoms with Gasteiger partial charge in [0.2, 0.25) is 0 Å². The molecule has 0 heterocycles. The van der Waals surface area contributed by atoms with E-state index in [0.29, 0.717) is 0 Å². The molecule has 2 saturated carbocycles. The minimum Gasteiger partial charge on any atom is -0.0651 e. The Morgan fingerprint density at radius 3 is 2.11 bits per heavy atom. The van der Waals surface area contributed by atoms with Gasteiger partial charge in [-0.05, 0) is 66.6 Å². The number of rotatable bonds is 5. The van der Waals surface area contributed by atoms with Crippen molar-refractivity contribution in [2.45, 2.75) is 67.2 Å². The van der Waals surface area contributed by atoms with Gasteiger partial charge in [0.25, 0.3) is 0 Å². The van der Waals surface area contributed by atoms with Crippen LogP contribution in [-0.4, -0.2) is 0 Å². The van der Waals surface area contributed by atoms with Crippen LogP contribution in [-0.2, 0) is 0 Å². The van der Waals surface area contributed by atoms with Gasteiger partial charge in [-0.15, -0.1) is 0 Å². The quantitative estimate of drug-likeness (QED) is 0.594. The second-order valence-corrected chi connectivity index (χ2v) is 7.96. The van der Waals surface area contributed by atoms with Crippen LogP contribution in [0.3, 0.4) is 0 Å². The van der Waals surface area contributed by atoms with Crippen molar-refractivity contribution in [3.8, 4) is 0 Å². The van der Waals surface area contributed by atoms with E-state index >= 15 is 0 Å². The van der Waals surface area contributed by atoms with E-state index in [4.69, 9.17) is 0 Å². The van der Waals surface area contributed by atoms with Gasteiger partial charge in [-0.25, -0.2) is 0 Å². The van der Waals surface area contributed by atoms with E-state index in [1.165, 1.54) is 25.7 Å². The zero-order chi connectivity index (χ0) is 13.4. The van der Waals surface area contributed by atoms with Gasteiger partial charge in [0.1, 0.15) is 0 Å². The Bertz CT molecular complexity index is 262. The first kappa shape index (κ1) is 14.4. The SMILES string of the molecule is CCC1CC(C)C1CC(C)C1CC(C)C1C(C)C. The summed E-state index contributed by atoms with van der Waals surface area (Å²) in [4.78, 5) is 0. The molecule has 2 rings (SSSR count). The van der Waals surface area contributed by atoms with Gasteiger partial charge < -0.3 is 0 Å². The van der Waals surface area contributed by atoms with Crippen molar-refractivity contribution >= 4 is 0 Å². The van der Waals surface area contributed by atoms with Crippen LogP contribution in [0.2, 0.25) is 0 Å². The van der Waals surface area contributed by atoms with Crippen molar-refractivity contribution in [2.75, 3.05) is 0 Å². The van der Waals surface area contributed by atoms with Crippen LogP contribution in [0.5, 0.6) is 0 Å². The van der Waals surface area contributed by atoms with Gasteiger partial charge in [0.05, 0.1) is 0 Å². The molecule has 0 radical (unpaired) electrons. The molecule has 106 valence electrons. The van der Waals surface area contributed by atoms with Crippen LogP contribution in [0.15, 0.2) is 0 Å². The summed E-state index contributed by atoms with van der Waals surface area (Å²) in [5, 5.41) is 0. The topological polar surface area (TPSA) is 0 Å². The van der Waals surface area contributed by atoms with E-state index in [9.17, 15) is 0 Å². The fourth-order valence-corrected chi connectivity index (χ4v) is 5.33. The highest BCUT2D eigenvalue weighted by Gasteiger charge is 2.45. The fourth-order valence-electron chi connectivity index (χ4n) is 5.33. The molecule has 0 bridgehead atoms. The molecule has 0 aromatic carbocycles. The Kier molecular flexibility index (Phi) is 4.44. The third kappa shape index (κ3) is 2.49. The predicted octanol–water partition coefficient (Wildman–Crippen LogP) is 5.62. The second kappa shape index (κ2) is 5.55. The Hall–Kier alpha value is 0. The largest absolute Gasteiger partial charge is 0.0651 e. The highest BCUT2D eigenvalue weighted by Crippen LogP contribution is 2.53. The molecular formula is C18H34. The Morgan fingerprint density at radius 1 is 1.00 bits per heavy atom. The van der Waals surface area contributed by atoms with Gasteiger partial charge in [-0.3, -0.25) is 0 Å². The smallest absolute Gasteiger partial charge is 0.0334 e. The van der Waals surface area contributed by atoms with Gasteiger partial charge in [0, 0.05) is 0 Å². The normalized spacial score (nSPS) is 45.5. The summed E-state index contributed by atoms with van der Waals surface area (Å²) in [7, 11) is 0. The third-order valence-corrected chi connectivity index (χ3v) is 6.48. The average molecular weight is 250 g/mol. The lowest BCUT2D eigenvalue weighted by molar-refractivity contribution is -0.0252. The summed E-state index contributed by atoms with van der Waals surface area (Å²) in [5.74, 6) is 8.00. The predicted molar refractivity (Wildman–Crippen MR) is 80.4 cm³/mol. The summed E-state index contributed by atoms with van der Waals surface area (Å²) in [5.41, 5.74) is 0. The summed E-state index contributed by atoms with van der Waals surface area (Å²) >= 11 is 0. The maximum atomic E-state index is 2.55. The van der Waals surface area contributed by atoms with Gasteiger partial charge in [-0.2, -0.15) is 0 Å². The molecule has 2 aliphatic rings. The average Bonchev–Trinajstić information content (AvgIpc) is 2.28. The zero-order valence-corrected chi connectivity index (χ0v) is 13.4. The van der Waals surface area contributed by atoms with Crippen LogP contribution in [0.4, 0.5) is 0 Å². The second-order valence-electron chi connectivity index (χ2n) is 7.96. The summed E-state index contributed by atoms with van der Waals surface area (Å²) in [6, 6.07) is 0. The first-order valence-corrected chi connectivity index (χ1v) is 8.45. The molecule has 0 aliphatic heterocycles. The van der Waals surface area contributed by atoms with E-state index in [-0.39, 0.29) is 0 Å².